The van der Waals surface area contributed by atoms with E-state index in [0.717, 1.165) is 17.7 Å². The number of rotatable bonds is 8. The molecule has 1 aliphatic carbocycles. The number of amides is 1. The molecule has 0 unspecified atom stereocenters. The second-order valence-corrected chi connectivity index (χ2v) is 7.71. The normalized spacial score (nSPS) is 18.9. The van der Waals surface area contributed by atoms with Crippen molar-refractivity contribution in [2.45, 2.75) is 40.3 Å². The maximum Gasteiger partial charge on any atom is 0.309 e. The lowest BCUT2D eigenvalue weighted by Gasteiger charge is -2.23. The first-order valence-electron chi connectivity index (χ1n) is 10.4. The fraction of sp³-hybridized carbons (Fsp3) is 0.500. The highest BCUT2D eigenvalue weighted by molar-refractivity contribution is 5.93. The number of hydrogen-bond donors (Lipinski definition) is 0. The summed E-state index contributed by atoms with van der Waals surface area (Å²) in [5, 5.41) is 4.41. The van der Waals surface area contributed by atoms with Crippen molar-refractivity contribution in [3.05, 3.63) is 41.2 Å². The minimum Gasteiger partial charge on any atom is -0.466 e. The van der Waals surface area contributed by atoms with Gasteiger partial charge in [0, 0.05) is 19.6 Å². The minimum absolute atomic E-state index is 0.0929. The summed E-state index contributed by atoms with van der Waals surface area (Å²) >= 11 is 0. The van der Waals surface area contributed by atoms with Crippen LogP contribution in [0.15, 0.2) is 24.3 Å². The van der Waals surface area contributed by atoms with Gasteiger partial charge in [0.05, 0.1) is 18.2 Å². The number of nitrogens with zero attached hydrogens (tertiary/aromatic N) is 3. The highest BCUT2D eigenvalue weighted by Crippen LogP contribution is 2.41. The van der Waals surface area contributed by atoms with Crippen molar-refractivity contribution in [3.8, 4) is 11.5 Å². The summed E-state index contributed by atoms with van der Waals surface area (Å²) < 4.78 is 17.7. The van der Waals surface area contributed by atoms with Crippen LogP contribution in [-0.2, 0) is 22.6 Å². The van der Waals surface area contributed by atoms with Crippen LogP contribution in [0.25, 0.3) is 0 Å². The van der Waals surface area contributed by atoms with Crippen LogP contribution >= 0.6 is 0 Å². The molecule has 160 valence electrons. The van der Waals surface area contributed by atoms with Crippen LogP contribution in [-0.4, -0.2) is 46.5 Å². The van der Waals surface area contributed by atoms with E-state index in [1.54, 1.807) is 16.5 Å². The third-order valence-corrected chi connectivity index (χ3v) is 5.49. The van der Waals surface area contributed by atoms with Crippen molar-refractivity contribution in [1.82, 2.24) is 14.7 Å². The zero-order valence-electron chi connectivity index (χ0n) is 17.6. The molecule has 8 nitrogen and oxygen atoms in total. The van der Waals surface area contributed by atoms with Crippen molar-refractivity contribution in [2.24, 2.45) is 11.8 Å². The fourth-order valence-electron chi connectivity index (χ4n) is 3.87. The van der Waals surface area contributed by atoms with Gasteiger partial charge in [-0.2, -0.15) is 5.10 Å². The molecule has 1 amide bonds. The smallest absolute Gasteiger partial charge is 0.309 e. The van der Waals surface area contributed by atoms with E-state index >= 15 is 0 Å². The topological polar surface area (TPSA) is 82.9 Å². The molecule has 0 spiro atoms. The second kappa shape index (κ2) is 8.38. The predicted octanol–water partition coefficient (Wildman–Crippen LogP) is 2.78. The quantitative estimate of drug-likeness (QED) is 0.619. The lowest BCUT2D eigenvalue weighted by Crippen LogP contribution is -2.34. The Morgan fingerprint density at radius 1 is 1.23 bits per heavy atom. The van der Waals surface area contributed by atoms with E-state index < -0.39 is 0 Å². The monoisotopic (exact) mass is 413 g/mol. The molecule has 1 fully saturated rings. The van der Waals surface area contributed by atoms with Crippen molar-refractivity contribution in [2.75, 3.05) is 19.9 Å². The molecule has 1 aliphatic heterocycles. The molecule has 0 radical (unpaired) electrons. The Labute approximate surface area is 175 Å². The molecule has 30 heavy (non-hydrogen) atoms. The summed E-state index contributed by atoms with van der Waals surface area (Å²) in [4.78, 5) is 27.3. The number of carbonyl (C=O) groups is 2. The van der Waals surface area contributed by atoms with E-state index in [1.807, 2.05) is 38.1 Å². The largest absolute Gasteiger partial charge is 0.466 e. The maximum atomic E-state index is 13.4. The lowest BCUT2D eigenvalue weighted by molar-refractivity contribution is -0.145. The second-order valence-electron chi connectivity index (χ2n) is 7.71. The summed E-state index contributed by atoms with van der Waals surface area (Å²) in [6.45, 7) is 7.74. The number of ether oxygens (including phenoxy) is 3. The van der Waals surface area contributed by atoms with Crippen molar-refractivity contribution < 1.29 is 23.8 Å². The highest BCUT2D eigenvalue weighted by atomic mass is 16.7. The van der Waals surface area contributed by atoms with E-state index in [4.69, 9.17) is 14.2 Å². The Morgan fingerprint density at radius 3 is 2.80 bits per heavy atom. The van der Waals surface area contributed by atoms with Crippen LogP contribution in [0.1, 0.15) is 42.0 Å². The third-order valence-electron chi connectivity index (χ3n) is 5.49. The third kappa shape index (κ3) is 4.13. The number of benzene rings is 1. The van der Waals surface area contributed by atoms with E-state index in [2.05, 4.69) is 5.10 Å². The zero-order chi connectivity index (χ0) is 21.3. The van der Waals surface area contributed by atoms with E-state index in [-0.39, 0.29) is 30.5 Å². The van der Waals surface area contributed by atoms with Crippen LogP contribution in [0.3, 0.4) is 0 Å². The molecule has 1 aromatic carbocycles. The Balaban J connectivity index is 1.55. The first-order chi connectivity index (χ1) is 14.5. The number of aromatic nitrogens is 2. The number of carbonyl (C=O) groups excluding carboxylic acids is 2. The summed E-state index contributed by atoms with van der Waals surface area (Å²) in [6.07, 6.45) is 0.746. The van der Waals surface area contributed by atoms with Gasteiger partial charge in [0.2, 0.25) is 6.79 Å². The molecule has 1 aromatic heterocycles. The van der Waals surface area contributed by atoms with E-state index in [1.165, 1.54) is 0 Å². The summed E-state index contributed by atoms with van der Waals surface area (Å²) in [5.74, 6) is 1.11. The van der Waals surface area contributed by atoms with Gasteiger partial charge in [0.1, 0.15) is 5.69 Å². The van der Waals surface area contributed by atoms with Crippen LogP contribution in [0.5, 0.6) is 11.5 Å². The van der Waals surface area contributed by atoms with Gasteiger partial charge in [-0.3, -0.25) is 14.3 Å². The first-order valence-corrected chi connectivity index (χ1v) is 10.4. The van der Waals surface area contributed by atoms with Crippen molar-refractivity contribution in [3.63, 3.8) is 0 Å². The molecule has 8 heteroatoms. The van der Waals surface area contributed by atoms with Gasteiger partial charge in [-0.05, 0) is 56.9 Å². The molecule has 2 atom stereocenters. The average Bonchev–Trinajstić information content (AvgIpc) is 3.16. The number of fused-ring (bicyclic) bond motifs is 1. The fourth-order valence-corrected chi connectivity index (χ4v) is 3.87. The minimum atomic E-state index is -0.174. The van der Waals surface area contributed by atoms with Gasteiger partial charge in [0.25, 0.3) is 5.91 Å². The molecule has 0 saturated heterocycles. The molecule has 0 N–H and O–H groups in total. The van der Waals surface area contributed by atoms with E-state index in [9.17, 15) is 9.59 Å². The van der Waals surface area contributed by atoms with Crippen LogP contribution in [0, 0.1) is 18.8 Å². The molecule has 0 bridgehead atoms. The average molecular weight is 413 g/mol. The van der Waals surface area contributed by atoms with Crippen LogP contribution < -0.4 is 9.47 Å². The number of esters is 1. The molecule has 4 rings (SSSR count). The zero-order valence-corrected chi connectivity index (χ0v) is 17.6. The Kier molecular flexibility index (Phi) is 5.65. The van der Waals surface area contributed by atoms with Gasteiger partial charge < -0.3 is 19.1 Å². The molecule has 2 aromatic rings. The highest BCUT2D eigenvalue weighted by Gasteiger charge is 2.45. The molecular formula is C22H27N3O5. The predicted molar refractivity (Wildman–Crippen MR) is 108 cm³/mol. The summed E-state index contributed by atoms with van der Waals surface area (Å²) in [6, 6.07) is 7.51. The molecule has 2 heterocycles. The Bertz CT molecular complexity index is 954. The Morgan fingerprint density at radius 2 is 2.03 bits per heavy atom. The Hall–Kier alpha value is -3.03. The van der Waals surface area contributed by atoms with Gasteiger partial charge >= 0.3 is 5.97 Å². The van der Waals surface area contributed by atoms with E-state index in [0.29, 0.717) is 43.4 Å². The summed E-state index contributed by atoms with van der Waals surface area (Å²) in [5.41, 5.74) is 2.31. The number of aryl methyl sites for hydroxylation is 2. The van der Waals surface area contributed by atoms with Crippen LogP contribution in [0.4, 0.5) is 0 Å². The van der Waals surface area contributed by atoms with Gasteiger partial charge in [-0.25, -0.2) is 0 Å². The van der Waals surface area contributed by atoms with Crippen molar-refractivity contribution in [1.29, 1.82) is 0 Å². The van der Waals surface area contributed by atoms with Gasteiger partial charge in [-0.15, -0.1) is 0 Å². The molecule has 2 aliphatic rings. The van der Waals surface area contributed by atoms with Gasteiger partial charge in [0.15, 0.2) is 11.5 Å². The molecule has 1 saturated carbocycles. The SMILES string of the molecule is CCOC(=O)[C@H]1C[C@H]1CN(Cc1ccc2c(c1)OCO2)C(=O)c1cc(C)nn1CC. The van der Waals surface area contributed by atoms with Crippen LogP contribution in [0.2, 0.25) is 0 Å². The maximum absolute atomic E-state index is 13.4. The van der Waals surface area contributed by atoms with Crippen molar-refractivity contribution >= 4 is 11.9 Å². The number of hydrogen-bond acceptors (Lipinski definition) is 6. The standard InChI is InChI=1S/C22H27N3O5/c1-4-25-18(8-14(3)23-25)21(26)24(12-16-10-17(16)22(27)28-5-2)11-15-6-7-19-20(9-15)30-13-29-19/h6-9,16-17H,4-5,10-13H2,1-3H3/t16-,17-/m0/s1. The molecular weight excluding hydrogens is 386 g/mol. The summed E-state index contributed by atoms with van der Waals surface area (Å²) in [7, 11) is 0. The van der Waals surface area contributed by atoms with Gasteiger partial charge in [-0.1, -0.05) is 6.07 Å². The lowest BCUT2D eigenvalue weighted by atomic mass is 10.1. The first kappa shape index (κ1) is 20.3.